The second-order valence-corrected chi connectivity index (χ2v) is 8.31. The molecule has 2 N–H and O–H groups in total. The molecule has 25 heavy (non-hydrogen) atoms. The van der Waals surface area contributed by atoms with Crippen LogP contribution in [0.2, 0.25) is 0 Å². The molecule has 0 radical (unpaired) electrons. The van der Waals surface area contributed by atoms with Gasteiger partial charge >= 0.3 is 0 Å². The van der Waals surface area contributed by atoms with E-state index in [-0.39, 0.29) is 28.9 Å². The van der Waals surface area contributed by atoms with Crippen molar-refractivity contribution in [2.24, 2.45) is 17.3 Å². The van der Waals surface area contributed by atoms with Crippen LogP contribution in [-0.2, 0) is 9.59 Å². The molecule has 0 unspecified atom stereocenters. The van der Waals surface area contributed by atoms with E-state index in [1.54, 1.807) is 6.92 Å². The number of benzene rings is 1. The highest BCUT2D eigenvalue weighted by Gasteiger charge is 2.50. The van der Waals surface area contributed by atoms with E-state index in [4.69, 9.17) is 12.2 Å². The van der Waals surface area contributed by atoms with Gasteiger partial charge in [0.25, 0.3) is 0 Å². The smallest absolute Gasteiger partial charge is 0.226 e. The van der Waals surface area contributed by atoms with Crippen LogP contribution in [0.1, 0.15) is 50.3 Å². The van der Waals surface area contributed by atoms with Gasteiger partial charge in [0.15, 0.2) is 5.11 Å². The third-order valence-electron chi connectivity index (χ3n) is 5.56. The number of aryl methyl sites for hydroxylation is 3. The molecule has 1 aliphatic rings. The number of rotatable bonds is 4. The van der Waals surface area contributed by atoms with Crippen molar-refractivity contribution < 1.29 is 9.59 Å². The zero-order valence-electron chi connectivity index (χ0n) is 15.9. The molecule has 1 aromatic carbocycles. The van der Waals surface area contributed by atoms with Gasteiger partial charge in [-0.15, -0.1) is 0 Å². The third kappa shape index (κ3) is 4.27. The molecule has 0 saturated heterocycles. The fourth-order valence-corrected chi connectivity index (χ4v) is 4.19. The molecule has 1 aliphatic carbocycles. The van der Waals surface area contributed by atoms with Crippen molar-refractivity contribution in [1.82, 2.24) is 5.32 Å². The van der Waals surface area contributed by atoms with E-state index < -0.39 is 0 Å². The molecule has 1 aromatic rings. The van der Waals surface area contributed by atoms with Crippen molar-refractivity contribution in [2.45, 2.75) is 54.4 Å². The number of anilines is 1. The minimum absolute atomic E-state index is 0.0632. The van der Waals surface area contributed by atoms with Gasteiger partial charge < -0.3 is 10.6 Å². The average molecular weight is 361 g/mol. The lowest BCUT2D eigenvalue weighted by molar-refractivity contribution is -0.140. The lowest BCUT2D eigenvalue weighted by Crippen LogP contribution is -2.50. The van der Waals surface area contributed by atoms with E-state index in [1.807, 2.05) is 13.8 Å². The molecule has 136 valence electrons. The number of hydrogen-bond acceptors (Lipinski definition) is 3. The predicted octanol–water partition coefficient (Wildman–Crippen LogP) is 4.07. The van der Waals surface area contributed by atoms with Crippen LogP contribution < -0.4 is 10.6 Å². The summed E-state index contributed by atoms with van der Waals surface area (Å²) in [5, 5.41) is 6.23. The van der Waals surface area contributed by atoms with E-state index in [2.05, 4.69) is 43.5 Å². The predicted molar refractivity (Wildman–Crippen MR) is 106 cm³/mol. The summed E-state index contributed by atoms with van der Waals surface area (Å²) in [6, 6.07) is 4.16. The maximum absolute atomic E-state index is 12.3. The molecule has 1 fully saturated rings. The number of carbonyl (C=O) groups is 2. The van der Waals surface area contributed by atoms with Crippen molar-refractivity contribution >= 4 is 34.7 Å². The Morgan fingerprint density at radius 2 is 1.76 bits per heavy atom. The summed E-state index contributed by atoms with van der Waals surface area (Å²) < 4.78 is 0. The summed E-state index contributed by atoms with van der Waals surface area (Å²) in [4.78, 5) is 23.9. The number of thiocarbonyl (C=S) groups is 1. The molecule has 1 amide bonds. The number of amides is 1. The first-order chi connectivity index (χ1) is 11.5. The number of hydrogen-bond donors (Lipinski definition) is 2. The molecule has 4 nitrogen and oxygen atoms in total. The first-order valence-electron chi connectivity index (χ1n) is 8.71. The molecule has 0 spiro atoms. The molecular weight excluding hydrogens is 332 g/mol. The Labute approximate surface area is 155 Å². The minimum atomic E-state index is -0.123. The van der Waals surface area contributed by atoms with E-state index in [0.29, 0.717) is 11.5 Å². The molecule has 5 heteroatoms. The fraction of sp³-hybridized carbons (Fsp3) is 0.550. The molecule has 0 heterocycles. The maximum atomic E-state index is 12.3. The van der Waals surface area contributed by atoms with Crippen molar-refractivity contribution in [3.8, 4) is 0 Å². The van der Waals surface area contributed by atoms with Crippen LogP contribution in [0.4, 0.5) is 5.69 Å². The van der Waals surface area contributed by atoms with Crippen molar-refractivity contribution in [3.05, 3.63) is 28.8 Å². The topological polar surface area (TPSA) is 58.2 Å². The first-order valence-corrected chi connectivity index (χ1v) is 9.12. The van der Waals surface area contributed by atoms with E-state index in [0.717, 1.165) is 23.2 Å². The van der Waals surface area contributed by atoms with Crippen LogP contribution in [0, 0.1) is 38.0 Å². The number of Topliss-reactive ketones (excluding diaryl/α,β-unsaturated/α-hetero) is 1. The zero-order chi connectivity index (χ0) is 18.9. The summed E-state index contributed by atoms with van der Waals surface area (Å²) in [6.45, 7) is 11.9. The summed E-state index contributed by atoms with van der Waals surface area (Å²) >= 11 is 5.30. The van der Waals surface area contributed by atoms with E-state index in [1.165, 1.54) is 5.56 Å². The lowest BCUT2D eigenvalue weighted by atomic mass is 9.52. The Bertz CT molecular complexity index is 701. The summed E-state index contributed by atoms with van der Waals surface area (Å²) in [5.41, 5.74) is 4.21. The molecule has 0 aliphatic heterocycles. The standard InChI is InChI=1S/C20H28N2O2S/c1-11-7-12(2)18(13(3)8-11)22-19(25)21-17(24)10-15-9-16(14(4)23)20(15,5)6/h7-8,15-16H,9-10H2,1-6H3,(H2,21,22,24,25)/t15-,16-/m0/s1. The molecule has 2 atom stereocenters. The Morgan fingerprint density at radius 1 is 1.20 bits per heavy atom. The number of ketones is 1. The van der Waals surface area contributed by atoms with Gasteiger partial charge in [-0.2, -0.15) is 0 Å². The molecular formula is C20H28N2O2S. The quantitative estimate of drug-likeness (QED) is 0.795. The zero-order valence-corrected chi connectivity index (χ0v) is 16.8. The molecule has 0 aromatic heterocycles. The highest BCUT2D eigenvalue weighted by molar-refractivity contribution is 7.80. The Hall–Kier alpha value is -1.75. The van der Waals surface area contributed by atoms with Crippen LogP contribution in [0.5, 0.6) is 0 Å². The Morgan fingerprint density at radius 3 is 2.24 bits per heavy atom. The number of carbonyl (C=O) groups excluding carboxylic acids is 2. The van der Waals surface area contributed by atoms with Crippen LogP contribution in [0.3, 0.4) is 0 Å². The SMILES string of the molecule is CC(=O)[C@@H]1C[C@@H](CC(=O)NC(=S)Nc2c(C)cc(C)cc2C)C1(C)C. The summed E-state index contributed by atoms with van der Waals surface area (Å²) in [7, 11) is 0. The summed E-state index contributed by atoms with van der Waals surface area (Å²) in [5.74, 6) is 0.393. The second kappa shape index (κ2) is 7.24. The second-order valence-electron chi connectivity index (χ2n) is 7.90. The normalized spacial score (nSPS) is 21.2. The highest BCUT2D eigenvalue weighted by atomic mass is 32.1. The molecule has 2 rings (SSSR count). The fourth-order valence-electron chi connectivity index (χ4n) is 3.98. The monoisotopic (exact) mass is 360 g/mol. The molecule has 1 saturated carbocycles. The minimum Gasteiger partial charge on any atom is -0.332 e. The van der Waals surface area contributed by atoms with E-state index >= 15 is 0 Å². The van der Waals surface area contributed by atoms with Gasteiger partial charge in [-0.25, -0.2) is 0 Å². The average Bonchev–Trinajstić information content (AvgIpc) is 2.46. The van der Waals surface area contributed by atoms with Gasteiger partial charge in [0.1, 0.15) is 5.78 Å². The van der Waals surface area contributed by atoms with Gasteiger partial charge in [0.05, 0.1) is 0 Å². The van der Waals surface area contributed by atoms with Crippen LogP contribution in [0.15, 0.2) is 12.1 Å². The number of nitrogens with one attached hydrogen (secondary N) is 2. The van der Waals surface area contributed by atoms with E-state index in [9.17, 15) is 9.59 Å². The van der Waals surface area contributed by atoms with Gasteiger partial charge in [-0.3, -0.25) is 9.59 Å². The third-order valence-corrected chi connectivity index (χ3v) is 5.77. The van der Waals surface area contributed by atoms with Gasteiger partial charge in [-0.1, -0.05) is 31.5 Å². The lowest BCUT2D eigenvalue weighted by Gasteiger charge is -2.51. The van der Waals surface area contributed by atoms with Crippen molar-refractivity contribution in [1.29, 1.82) is 0 Å². The van der Waals surface area contributed by atoms with Gasteiger partial charge in [-0.05, 0) is 68.8 Å². The van der Waals surface area contributed by atoms with Crippen LogP contribution in [0.25, 0.3) is 0 Å². The van der Waals surface area contributed by atoms with Crippen LogP contribution in [-0.4, -0.2) is 16.8 Å². The Balaban J connectivity index is 1.92. The van der Waals surface area contributed by atoms with Gasteiger partial charge in [0, 0.05) is 18.0 Å². The molecule has 0 bridgehead atoms. The maximum Gasteiger partial charge on any atom is 0.226 e. The highest BCUT2D eigenvalue weighted by Crippen LogP contribution is 2.53. The van der Waals surface area contributed by atoms with Crippen LogP contribution >= 0.6 is 12.2 Å². The summed E-state index contributed by atoms with van der Waals surface area (Å²) in [6.07, 6.45) is 1.18. The largest absolute Gasteiger partial charge is 0.332 e. The Kier molecular flexibility index (Phi) is 5.67. The van der Waals surface area contributed by atoms with Crippen molar-refractivity contribution in [3.63, 3.8) is 0 Å². The first kappa shape index (κ1) is 19.6. The van der Waals surface area contributed by atoms with Crippen molar-refractivity contribution in [2.75, 3.05) is 5.32 Å². The van der Waals surface area contributed by atoms with Gasteiger partial charge in [0.2, 0.25) is 5.91 Å².